The number of methoxy groups -OCH3 is 1. The summed E-state index contributed by atoms with van der Waals surface area (Å²) in [5, 5.41) is 18.1. The topological polar surface area (TPSA) is 105 Å². The first kappa shape index (κ1) is 20.9. The number of amides is 2. The van der Waals surface area contributed by atoms with Crippen molar-refractivity contribution in [3.63, 3.8) is 0 Å². The highest BCUT2D eigenvalue weighted by atomic mass is 16.5. The molecule has 0 saturated heterocycles. The van der Waals surface area contributed by atoms with Crippen molar-refractivity contribution in [2.75, 3.05) is 12.4 Å². The molecule has 162 valence electrons. The second-order valence-corrected chi connectivity index (χ2v) is 7.08. The van der Waals surface area contributed by atoms with E-state index < -0.39 is 11.8 Å². The summed E-state index contributed by atoms with van der Waals surface area (Å²) in [6, 6.07) is 18.2. The zero-order valence-electron chi connectivity index (χ0n) is 17.6. The zero-order valence-corrected chi connectivity index (χ0v) is 17.6. The van der Waals surface area contributed by atoms with Gasteiger partial charge in [0.1, 0.15) is 0 Å². The lowest BCUT2D eigenvalue weighted by Gasteiger charge is -2.06. The van der Waals surface area contributed by atoms with E-state index in [1.165, 1.54) is 19.4 Å². The molecule has 8 nitrogen and oxygen atoms in total. The maximum Gasteiger partial charge on any atom is 0.329 e. The summed E-state index contributed by atoms with van der Waals surface area (Å²) in [5.74, 6) is -1.46. The van der Waals surface area contributed by atoms with Crippen LogP contribution in [0.3, 0.4) is 0 Å². The van der Waals surface area contributed by atoms with E-state index in [0.29, 0.717) is 11.3 Å². The van der Waals surface area contributed by atoms with Crippen LogP contribution in [0.5, 0.6) is 11.5 Å². The number of benzene rings is 3. The number of fused-ring (bicyclic) bond motifs is 3. The first-order valence-corrected chi connectivity index (χ1v) is 10.0. The lowest BCUT2D eigenvalue weighted by atomic mass is 10.1. The molecule has 1 aromatic heterocycles. The van der Waals surface area contributed by atoms with Gasteiger partial charge in [0, 0.05) is 34.0 Å². The molecule has 4 aromatic rings. The Morgan fingerprint density at radius 1 is 1.03 bits per heavy atom. The number of ether oxygens (including phenoxy) is 1. The summed E-state index contributed by atoms with van der Waals surface area (Å²) in [6.45, 7) is 2.91. The standard InChI is InChI=1S/C24H22N4O4/c1-3-28-19-7-5-4-6-17(19)18-13-16(9-10-20(18)28)26-23(30)24(31)27-25-14-15-8-11-21(29)22(12-15)32-2/h4-14,29H,3H2,1-2H3,(H,26,30)(H,27,31)/b25-14+. The summed E-state index contributed by atoms with van der Waals surface area (Å²) < 4.78 is 7.22. The van der Waals surface area contributed by atoms with E-state index >= 15 is 0 Å². The van der Waals surface area contributed by atoms with E-state index in [1.807, 2.05) is 30.3 Å². The van der Waals surface area contributed by atoms with Crippen LogP contribution in [-0.4, -0.2) is 34.8 Å². The molecule has 0 spiro atoms. The van der Waals surface area contributed by atoms with Gasteiger partial charge in [0.25, 0.3) is 0 Å². The molecule has 0 fully saturated rings. The number of phenols is 1. The molecule has 32 heavy (non-hydrogen) atoms. The number of hydrogen-bond donors (Lipinski definition) is 3. The molecule has 0 unspecified atom stereocenters. The highest BCUT2D eigenvalue weighted by Crippen LogP contribution is 2.31. The van der Waals surface area contributed by atoms with Crippen molar-refractivity contribution in [1.82, 2.24) is 9.99 Å². The molecule has 0 aliphatic rings. The number of carbonyl (C=O) groups is 2. The van der Waals surface area contributed by atoms with Crippen molar-refractivity contribution >= 4 is 45.5 Å². The second kappa shape index (κ2) is 8.81. The molecule has 0 bridgehead atoms. The number of nitrogens with zero attached hydrogens (tertiary/aromatic N) is 2. The number of hydrazone groups is 1. The minimum Gasteiger partial charge on any atom is -0.504 e. The van der Waals surface area contributed by atoms with Gasteiger partial charge < -0.3 is 19.7 Å². The van der Waals surface area contributed by atoms with E-state index in [2.05, 4.69) is 33.4 Å². The van der Waals surface area contributed by atoms with Crippen molar-refractivity contribution in [3.05, 3.63) is 66.2 Å². The average Bonchev–Trinajstić information content (AvgIpc) is 3.13. The summed E-state index contributed by atoms with van der Waals surface area (Å²) in [6.07, 6.45) is 1.35. The van der Waals surface area contributed by atoms with Crippen LogP contribution in [0.1, 0.15) is 12.5 Å². The normalized spacial score (nSPS) is 11.2. The molecule has 0 atom stereocenters. The smallest absolute Gasteiger partial charge is 0.329 e. The fraction of sp³-hybridized carbons (Fsp3) is 0.125. The van der Waals surface area contributed by atoms with Gasteiger partial charge in [-0.3, -0.25) is 9.59 Å². The van der Waals surface area contributed by atoms with Crippen molar-refractivity contribution in [3.8, 4) is 11.5 Å². The Hall–Kier alpha value is -4.33. The monoisotopic (exact) mass is 430 g/mol. The molecule has 3 aromatic carbocycles. The Balaban J connectivity index is 1.47. The SMILES string of the molecule is CCn1c2ccccc2c2cc(NC(=O)C(=O)N/N=C/c3ccc(O)c(OC)c3)ccc21. The number of para-hydroxylation sites is 1. The van der Waals surface area contributed by atoms with Gasteiger partial charge >= 0.3 is 11.8 Å². The molecule has 2 amide bonds. The number of aromatic hydroxyl groups is 1. The number of phenolic OH excluding ortho intramolecular Hbond substituents is 1. The quantitative estimate of drug-likeness (QED) is 0.255. The summed E-state index contributed by atoms with van der Waals surface area (Å²) in [7, 11) is 1.43. The summed E-state index contributed by atoms with van der Waals surface area (Å²) in [4.78, 5) is 24.4. The van der Waals surface area contributed by atoms with Gasteiger partial charge in [-0.05, 0) is 55.0 Å². The maximum atomic E-state index is 12.3. The van der Waals surface area contributed by atoms with Gasteiger partial charge in [0.05, 0.1) is 13.3 Å². The first-order chi connectivity index (χ1) is 15.5. The van der Waals surface area contributed by atoms with Gasteiger partial charge in [-0.1, -0.05) is 18.2 Å². The molecule has 4 rings (SSSR count). The third kappa shape index (κ3) is 3.98. The molecule has 1 heterocycles. The zero-order chi connectivity index (χ0) is 22.7. The van der Waals surface area contributed by atoms with Gasteiger partial charge in [0.15, 0.2) is 11.5 Å². The number of anilines is 1. The third-order valence-electron chi connectivity index (χ3n) is 5.14. The third-order valence-corrected chi connectivity index (χ3v) is 5.14. The Morgan fingerprint density at radius 3 is 2.59 bits per heavy atom. The lowest BCUT2D eigenvalue weighted by molar-refractivity contribution is -0.136. The Kier molecular flexibility index (Phi) is 5.76. The highest BCUT2D eigenvalue weighted by Gasteiger charge is 2.15. The molecular weight excluding hydrogens is 408 g/mol. The molecule has 0 aliphatic heterocycles. The first-order valence-electron chi connectivity index (χ1n) is 10.0. The van der Waals surface area contributed by atoms with Gasteiger partial charge in [-0.2, -0.15) is 5.10 Å². The molecule has 0 radical (unpaired) electrons. The summed E-state index contributed by atoms with van der Waals surface area (Å²) in [5.41, 5.74) is 5.47. The number of aromatic nitrogens is 1. The lowest BCUT2D eigenvalue weighted by Crippen LogP contribution is -2.32. The number of nitrogens with one attached hydrogen (secondary N) is 2. The van der Waals surface area contributed by atoms with Gasteiger partial charge in [0.2, 0.25) is 0 Å². The van der Waals surface area contributed by atoms with Crippen molar-refractivity contribution in [2.24, 2.45) is 5.10 Å². The van der Waals surface area contributed by atoms with Gasteiger partial charge in [-0.25, -0.2) is 5.43 Å². The van der Waals surface area contributed by atoms with Crippen LogP contribution in [0.2, 0.25) is 0 Å². The second-order valence-electron chi connectivity index (χ2n) is 7.08. The number of carbonyl (C=O) groups excluding carboxylic acids is 2. The fourth-order valence-corrected chi connectivity index (χ4v) is 3.65. The van der Waals surface area contributed by atoms with Crippen LogP contribution in [0.4, 0.5) is 5.69 Å². The number of rotatable bonds is 5. The molecule has 3 N–H and O–H groups in total. The van der Waals surface area contributed by atoms with E-state index in [4.69, 9.17) is 4.74 Å². The number of aryl methyl sites for hydroxylation is 1. The molecule has 0 saturated carbocycles. The maximum absolute atomic E-state index is 12.3. The van der Waals surface area contributed by atoms with Crippen molar-refractivity contribution in [2.45, 2.75) is 13.5 Å². The van der Waals surface area contributed by atoms with E-state index in [9.17, 15) is 14.7 Å². The Bertz CT molecular complexity index is 1360. The van der Waals surface area contributed by atoms with Crippen LogP contribution in [0.15, 0.2) is 65.8 Å². The van der Waals surface area contributed by atoms with E-state index in [-0.39, 0.29) is 11.5 Å². The summed E-state index contributed by atoms with van der Waals surface area (Å²) >= 11 is 0. The van der Waals surface area contributed by atoms with E-state index in [1.54, 1.807) is 18.2 Å². The molecular formula is C24H22N4O4. The minimum atomic E-state index is -0.900. The van der Waals surface area contributed by atoms with Gasteiger partial charge in [-0.15, -0.1) is 0 Å². The van der Waals surface area contributed by atoms with Crippen LogP contribution < -0.4 is 15.5 Å². The fourth-order valence-electron chi connectivity index (χ4n) is 3.65. The minimum absolute atomic E-state index is 0.00732. The van der Waals surface area contributed by atoms with Crippen LogP contribution >= 0.6 is 0 Å². The number of hydrogen-bond acceptors (Lipinski definition) is 5. The Labute approximate surface area is 184 Å². The molecule has 0 aliphatic carbocycles. The largest absolute Gasteiger partial charge is 0.504 e. The average molecular weight is 430 g/mol. The van der Waals surface area contributed by atoms with Crippen LogP contribution in [-0.2, 0) is 16.1 Å². The highest BCUT2D eigenvalue weighted by molar-refractivity contribution is 6.39. The predicted octanol–water partition coefficient (Wildman–Crippen LogP) is 3.62. The van der Waals surface area contributed by atoms with Crippen LogP contribution in [0, 0.1) is 0 Å². The molecule has 8 heteroatoms. The van der Waals surface area contributed by atoms with Crippen molar-refractivity contribution < 1.29 is 19.4 Å². The van der Waals surface area contributed by atoms with Crippen molar-refractivity contribution in [1.29, 1.82) is 0 Å². The van der Waals surface area contributed by atoms with Crippen LogP contribution in [0.25, 0.3) is 21.8 Å². The Morgan fingerprint density at radius 2 is 1.81 bits per heavy atom. The van der Waals surface area contributed by atoms with E-state index in [0.717, 1.165) is 28.4 Å². The predicted molar refractivity (Wildman–Crippen MR) is 124 cm³/mol.